The zero-order chi connectivity index (χ0) is 32.9. The number of pyridine rings is 1. The summed E-state index contributed by atoms with van der Waals surface area (Å²) in [6, 6.07) is 15.7. The van der Waals surface area contributed by atoms with E-state index in [2.05, 4.69) is 26.5 Å². The SMILES string of the molecule is CN1CC(NC(=O)c2cccc([C@@H](CCN3CCCC3CO)NC(=O)c3ccc4nc5c(cc4c3)CCCC5)c2)C1.FC(F)C1CC1. The molecule has 2 aromatic carbocycles. The molecule has 1 saturated carbocycles. The Balaban J connectivity index is 0.000000580. The predicted octanol–water partition coefficient (Wildman–Crippen LogP) is 5.14. The van der Waals surface area contributed by atoms with Gasteiger partial charge in [-0.25, -0.2) is 8.78 Å². The molecule has 2 atom stereocenters. The van der Waals surface area contributed by atoms with E-state index in [1.807, 2.05) is 49.5 Å². The van der Waals surface area contributed by atoms with Gasteiger partial charge in [-0.3, -0.25) is 19.5 Å². The number of likely N-dealkylation sites (N-methyl/N-ethyl adjacent to an activating group) is 1. The van der Waals surface area contributed by atoms with Crippen molar-refractivity contribution in [2.24, 2.45) is 5.92 Å². The maximum atomic E-state index is 13.6. The van der Waals surface area contributed by atoms with Gasteiger partial charge in [0.2, 0.25) is 6.43 Å². The molecule has 2 aliphatic carbocycles. The van der Waals surface area contributed by atoms with E-state index in [0.717, 1.165) is 81.2 Å². The van der Waals surface area contributed by atoms with E-state index < -0.39 is 6.43 Å². The minimum Gasteiger partial charge on any atom is -0.395 e. The summed E-state index contributed by atoms with van der Waals surface area (Å²) in [5.41, 5.74) is 5.54. The number of aryl methyl sites for hydroxylation is 2. The second-order valence-corrected chi connectivity index (χ2v) is 13.7. The summed E-state index contributed by atoms with van der Waals surface area (Å²) in [7, 11) is 2.04. The van der Waals surface area contributed by atoms with Gasteiger partial charge in [0.1, 0.15) is 0 Å². The molecule has 3 N–H and O–H groups in total. The van der Waals surface area contributed by atoms with Crippen molar-refractivity contribution in [2.45, 2.75) is 82.3 Å². The van der Waals surface area contributed by atoms with Gasteiger partial charge in [0, 0.05) is 53.8 Å². The number of aromatic nitrogens is 1. The third kappa shape index (κ3) is 8.52. The molecule has 2 aliphatic heterocycles. The first-order chi connectivity index (χ1) is 22.8. The van der Waals surface area contributed by atoms with Crippen LogP contribution in [0, 0.1) is 5.92 Å². The predicted molar refractivity (Wildman–Crippen MR) is 179 cm³/mol. The highest BCUT2D eigenvalue weighted by Crippen LogP contribution is 2.34. The number of hydrogen-bond donors (Lipinski definition) is 3. The fourth-order valence-corrected chi connectivity index (χ4v) is 7.00. The second-order valence-electron chi connectivity index (χ2n) is 13.7. The molecule has 3 fully saturated rings. The number of aliphatic hydroxyl groups excluding tert-OH is 1. The lowest BCUT2D eigenvalue weighted by Crippen LogP contribution is -2.57. The van der Waals surface area contributed by atoms with Crippen LogP contribution in [-0.4, -0.2) is 90.0 Å². The summed E-state index contributed by atoms with van der Waals surface area (Å²) in [5, 5.41) is 17.2. The van der Waals surface area contributed by atoms with Crippen LogP contribution in [0.3, 0.4) is 0 Å². The van der Waals surface area contributed by atoms with Gasteiger partial charge >= 0.3 is 0 Å². The standard InChI is InChI=1S/C33H41N5O3.C4H6F2/c1-37-19-27(20-37)34-32(40)24-8-4-7-23(16-24)31(13-15-38-14-5-9-28(38)21-39)36-33(41)25-11-12-30-26(18-25)17-22-6-2-3-10-29(22)35-30;5-4(6)3-1-2-3/h4,7-8,11-12,16-18,27-28,31,39H,2-3,5-6,9-10,13-15,19-21H2,1H3,(H,34,40)(H,36,41);3-4H,1-2H2/t28?,31-;/m1./s1. The van der Waals surface area contributed by atoms with E-state index in [0.29, 0.717) is 17.5 Å². The summed E-state index contributed by atoms with van der Waals surface area (Å²) in [6.45, 7) is 3.57. The van der Waals surface area contributed by atoms with Crippen molar-refractivity contribution < 1.29 is 23.5 Å². The lowest BCUT2D eigenvalue weighted by molar-refractivity contribution is 0.0857. The van der Waals surface area contributed by atoms with Crippen molar-refractivity contribution in [2.75, 3.05) is 39.8 Å². The molecule has 2 amide bonds. The van der Waals surface area contributed by atoms with E-state index >= 15 is 0 Å². The molecular weight excluding hydrogens is 600 g/mol. The van der Waals surface area contributed by atoms with Crippen molar-refractivity contribution in [3.8, 4) is 0 Å². The van der Waals surface area contributed by atoms with Gasteiger partial charge in [-0.1, -0.05) is 12.1 Å². The van der Waals surface area contributed by atoms with Gasteiger partial charge in [0.25, 0.3) is 11.8 Å². The second kappa shape index (κ2) is 15.2. The molecule has 252 valence electrons. The molecule has 0 spiro atoms. The first kappa shape index (κ1) is 33.4. The van der Waals surface area contributed by atoms with Crippen molar-refractivity contribution in [3.63, 3.8) is 0 Å². The Labute approximate surface area is 275 Å². The first-order valence-electron chi connectivity index (χ1n) is 17.2. The molecule has 3 aromatic rings. The van der Waals surface area contributed by atoms with Crippen molar-refractivity contribution in [1.29, 1.82) is 0 Å². The number of nitrogens with zero attached hydrogens (tertiary/aromatic N) is 3. The van der Waals surface area contributed by atoms with Crippen LogP contribution in [0.1, 0.15) is 88.5 Å². The monoisotopic (exact) mass is 647 g/mol. The van der Waals surface area contributed by atoms with E-state index in [1.54, 1.807) is 0 Å². The Morgan fingerprint density at radius 3 is 2.49 bits per heavy atom. The largest absolute Gasteiger partial charge is 0.395 e. The van der Waals surface area contributed by atoms with Crippen molar-refractivity contribution in [3.05, 3.63) is 76.5 Å². The summed E-state index contributed by atoms with van der Waals surface area (Å²) in [4.78, 5) is 36.0. The fraction of sp³-hybridized carbons (Fsp3) is 0.541. The topological polar surface area (TPSA) is 97.8 Å². The first-order valence-corrected chi connectivity index (χ1v) is 17.2. The molecule has 1 unspecified atom stereocenters. The van der Waals surface area contributed by atoms with Crippen LogP contribution in [0.25, 0.3) is 10.9 Å². The summed E-state index contributed by atoms with van der Waals surface area (Å²) >= 11 is 0. The highest BCUT2D eigenvalue weighted by atomic mass is 19.3. The van der Waals surface area contributed by atoms with E-state index in [1.165, 1.54) is 24.1 Å². The lowest BCUT2D eigenvalue weighted by atomic mass is 9.94. The Hall–Kier alpha value is -3.47. The molecule has 3 heterocycles. The average Bonchev–Trinajstić information content (AvgIpc) is 3.83. The number of halogens is 2. The maximum Gasteiger partial charge on any atom is 0.251 e. The van der Waals surface area contributed by atoms with Crippen LogP contribution >= 0.6 is 0 Å². The Morgan fingerprint density at radius 1 is 0.979 bits per heavy atom. The molecule has 4 aliphatic rings. The van der Waals surface area contributed by atoms with Crippen molar-refractivity contribution >= 4 is 22.7 Å². The summed E-state index contributed by atoms with van der Waals surface area (Å²) in [6.07, 6.45) is 6.65. The van der Waals surface area contributed by atoms with Crippen LogP contribution < -0.4 is 10.6 Å². The molecule has 0 bridgehead atoms. The molecule has 1 aromatic heterocycles. The van der Waals surface area contributed by atoms with Gasteiger partial charge in [0.05, 0.1) is 24.2 Å². The fourth-order valence-electron chi connectivity index (χ4n) is 7.00. The molecule has 47 heavy (non-hydrogen) atoms. The van der Waals surface area contributed by atoms with Gasteiger partial charge in [-0.15, -0.1) is 0 Å². The third-order valence-corrected chi connectivity index (χ3v) is 10.0. The summed E-state index contributed by atoms with van der Waals surface area (Å²) < 4.78 is 22.4. The van der Waals surface area contributed by atoms with Crippen molar-refractivity contribution in [1.82, 2.24) is 25.4 Å². The van der Waals surface area contributed by atoms with Gasteiger partial charge in [-0.2, -0.15) is 0 Å². The molecule has 0 radical (unpaired) electrons. The number of aliphatic hydroxyl groups is 1. The number of amides is 2. The number of benzene rings is 2. The van der Waals surface area contributed by atoms with Crippen LogP contribution in [0.15, 0.2) is 48.5 Å². The quantitative estimate of drug-likeness (QED) is 0.282. The number of carbonyl (C=O) groups excluding carboxylic acids is 2. The van der Waals surface area contributed by atoms with Crippen LogP contribution in [-0.2, 0) is 12.8 Å². The number of hydrogen-bond acceptors (Lipinski definition) is 6. The molecule has 10 heteroatoms. The van der Waals surface area contributed by atoms with E-state index in [4.69, 9.17) is 4.98 Å². The zero-order valence-electron chi connectivity index (χ0n) is 27.3. The highest BCUT2D eigenvalue weighted by Gasteiger charge is 2.31. The number of nitrogens with one attached hydrogen (secondary N) is 2. The molecule has 7 rings (SSSR count). The zero-order valence-corrected chi connectivity index (χ0v) is 27.3. The molecular formula is C37H47F2N5O3. The Bertz CT molecular complexity index is 1560. The average molecular weight is 648 g/mol. The summed E-state index contributed by atoms with van der Waals surface area (Å²) in [5.74, 6) is -0.451. The smallest absolute Gasteiger partial charge is 0.251 e. The lowest BCUT2D eigenvalue weighted by Gasteiger charge is -2.36. The van der Waals surface area contributed by atoms with E-state index in [9.17, 15) is 23.5 Å². The van der Waals surface area contributed by atoms with E-state index in [-0.39, 0.29) is 42.5 Å². The van der Waals surface area contributed by atoms with Gasteiger partial charge in [-0.05, 0) is 119 Å². The minimum atomic E-state index is -2.04. The Morgan fingerprint density at radius 2 is 1.77 bits per heavy atom. The van der Waals surface area contributed by atoms with Crippen LogP contribution in [0.5, 0.6) is 0 Å². The normalized spacial score (nSPS) is 20.7. The molecule has 2 saturated heterocycles. The number of alkyl halides is 2. The van der Waals surface area contributed by atoms with Gasteiger partial charge in [0.15, 0.2) is 0 Å². The maximum absolute atomic E-state index is 13.6. The highest BCUT2D eigenvalue weighted by molar-refractivity contribution is 5.98. The van der Waals surface area contributed by atoms with Crippen LogP contribution in [0.2, 0.25) is 0 Å². The minimum absolute atomic E-state index is 0.0831. The number of fused-ring (bicyclic) bond motifs is 2. The third-order valence-electron chi connectivity index (χ3n) is 10.0. The van der Waals surface area contributed by atoms with Crippen LogP contribution in [0.4, 0.5) is 8.78 Å². The Kier molecular flexibility index (Phi) is 10.8. The number of likely N-dealkylation sites (tertiary alicyclic amines) is 2. The number of rotatable bonds is 10. The molecule has 8 nitrogen and oxygen atoms in total. The number of carbonyl (C=O) groups is 2. The van der Waals surface area contributed by atoms with Gasteiger partial charge < -0.3 is 20.6 Å².